The van der Waals surface area contributed by atoms with Crippen LogP contribution in [0.2, 0.25) is 0 Å². The molecule has 0 spiro atoms. The summed E-state index contributed by atoms with van der Waals surface area (Å²) in [5, 5.41) is 3.36. The summed E-state index contributed by atoms with van der Waals surface area (Å²) in [5.41, 5.74) is 13.0. The van der Waals surface area contributed by atoms with Gasteiger partial charge in [0.15, 0.2) is 0 Å². The van der Waals surface area contributed by atoms with Crippen LogP contribution < -0.4 is 17.3 Å². The van der Waals surface area contributed by atoms with E-state index < -0.39 is 0 Å². The van der Waals surface area contributed by atoms with Crippen molar-refractivity contribution in [3.05, 3.63) is 23.8 Å². The van der Waals surface area contributed by atoms with Crippen molar-refractivity contribution < 1.29 is 0 Å². The fraction of sp³-hybridized carbons (Fsp3) is 0. The first-order valence-electron chi connectivity index (χ1n) is 3.12. The average molecular weight is 150 g/mol. The van der Waals surface area contributed by atoms with Crippen LogP contribution >= 0.6 is 0 Å². The van der Waals surface area contributed by atoms with E-state index in [1.54, 1.807) is 18.2 Å². The molecule has 11 heavy (non-hydrogen) atoms. The molecule has 0 radical (unpaired) electrons. The van der Waals surface area contributed by atoms with Gasteiger partial charge in [-0.3, -0.25) is 0 Å². The number of nitrogens with zero attached hydrogens (tertiary/aromatic N) is 1. The fourth-order valence-corrected chi connectivity index (χ4v) is 0.760. The smallest absolute Gasteiger partial charge is 0.0554 e. The van der Waals surface area contributed by atoms with Gasteiger partial charge in [0.2, 0.25) is 0 Å². The van der Waals surface area contributed by atoms with Crippen molar-refractivity contribution in [2.24, 2.45) is 10.9 Å². The average Bonchev–Trinajstić information content (AvgIpc) is 1.98. The van der Waals surface area contributed by atoms with Gasteiger partial charge in [-0.15, -0.1) is 0 Å². The molecule has 58 valence electrons. The maximum absolute atomic E-state index is 5.52. The largest absolute Gasteiger partial charge is 0.397 e. The van der Waals surface area contributed by atoms with Gasteiger partial charge in [-0.25, -0.2) is 0 Å². The standard InChI is InChI=1S/C7H10N4/c8-6-2-1-5(4-11-10)3-7(6)9/h1-4H,8-10H2/b11-4+. The topological polar surface area (TPSA) is 90.4 Å². The second-order valence-corrected chi connectivity index (χ2v) is 2.17. The van der Waals surface area contributed by atoms with E-state index in [0.29, 0.717) is 11.4 Å². The molecule has 6 N–H and O–H groups in total. The highest BCUT2D eigenvalue weighted by Gasteiger charge is 1.93. The zero-order valence-electron chi connectivity index (χ0n) is 5.99. The van der Waals surface area contributed by atoms with E-state index in [1.165, 1.54) is 6.21 Å². The van der Waals surface area contributed by atoms with Crippen molar-refractivity contribution in [1.29, 1.82) is 0 Å². The highest BCUT2D eigenvalue weighted by Crippen LogP contribution is 2.14. The molecule has 0 fully saturated rings. The van der Waals surface area contributed by atoms with Crippen LogP contribution in [-0.2, 0) is 0 Å². The number of hydrogen-bond donors (Lipinski definition) is 3. The number of hydrazone groups is 1. The third kappa shape index (κ3) is 1.61. The first kappa shape index (κ1) is 7.40. The lowest BCUT2D eigenvalue weighted by Gasteiger charge is -1.99. The Morgan fingerprint density at radius 3 is 2.45 bits per heavy atom. The molecule has 0 unspecified atom stereocenters. The number of nitrogens with two attached hydrogens (primary N) is 3. The van der Waals surface area contributed by atoms with E-state index in [0.717, 1.165) is 5.56 Å². The molecule has 0 saturated heterocycles. The van der Waals surface area contributed by atoms with Gasteiger partial charge in [0.25, 0.3) is 0 Å². The lowest BCUT2D eigenvalue weighted by molar-refractivity contribution is 1.26. The second kappa shape index (κ2) is 2.92. The maximum atomic E-state index is 5.52. The summed E-state index contributed by atoms with van der Waals surface area (Å²) in [5.74, 6) is 4.95. The van der Waals surface area contributed by atoms with Crippen LogP contribution in [0.3, 0.4) is 0 Å². The van der Waals surface area contributed by atoms with Crippen LogP contribution in [-0.4, -0.2) is 6.21 Å². The lowest BCUT2D eigenvalue weighted by atomic mass is 10.2. The summed E-state index contributed by atoms with van der Waals surface area (Å²) in [4.78, 5) is 0. The summed E-state index contributed by atoms with van der Waals surface area (Å²) in [7, 11) is 0. The molecule has 1 rings (SSSR count). The molecule has 0 aliphatic carbocycles. The van der Waals surface area contributed by atoms with Crippen LogP contribution in [0.5, 0.6) is 0 Å². The Labute approximate surface area is 64.7 Å². The van der Waals surface area contributed by atoms with Gasteiger partial charge in [-0.05, 0) is 17.7 Å². The Balaban J connectivity index is 3.05. The number of nitrogen functional groups attached to an aromatic ring is 2. The summed E-state index contributed by atoms with van der Waals surface area (Å²) >= 11 is 0. The number of rotatable bonds is 1. The molecule has 0 bridgehead atoms. The van der Waals surface area contributed by atoms with Gasteiger partial charge in [0.1, 0.15) is 0 Å². The Morgan fingerprint density at radius 1 is 1.18 bits per heavy atom. The molecule has 4 heteroatoms. The fourth-order valence-electron chi connectivity index (χ4n) is 0.760. The minimum absolute atomic E-state index is 0.544. The van der Waals surface area contributed by atoms with Crippen LogP contribution in [0.15, 0.2) is 23.3 Å². The maximum Gasteiger partial charge on any atom is 0.0554 e. The third-order valence-corrected chi connectivity index (χ3v) is 1.33. The molecule has 0 aromatic heterocycles. The SMILES string of the molecule is N/N=C/c1ccc(N)c(N)c1. The lowest BCUT2D eigenvalue weighted by Crippen LogP contribution is -1.95. The highest BCUT2D eigenvalue weighted by atomic mass is 15.1. The van der Waals surface area contributed by atoms with Crippen molar-refractivity contribution in [2.45, 2.75) is 0 Å². The van der Waals surface area contributed by atoms with Gasteiger partial charge in [0.05, 0.1) is 17.6 Å². The van der Waals surface area contributed by atoms with Gasteiger partial charge in [-0.1, -0.05) is 6.07 Å². The van der Waals surface area contributed by atoms with Crippen molar-refractivity contribution in [1.82, 2.24) is 0 Å². The van der Waals surface area contributed by atoms with E-state index >= 15 is 0 Å². The third-order valence-electron chi connectivity index (χ3n) is 1.33. The molecule has 1 aromatic carbocycles. The number of benzene rings is 1. The number of hydrogen-bond acceptors (Lipinski definition) is 4. The molecule has 0 heterocycles. The van der Waals surface area contributed by atoms with E-state index in [4.69, 9.17) is 17.3 Å². The Kier molecular flexibility index (Phi) is 1.96. The minimum atomic E-state index is 0.544. The Bertz CT molecular complexity index is 280. The quantitative estimate of drug-likeness (QED) is 0.230. The van der Waals surface area contributed by atoms with E-state index in [2.05, 4.69) is 5.10 Å². The monoisotopic (exact) mass is 150 g/mol. The highest BCUT2D eigenvalue weighted by molar-refractivity contribution is 5.83. The van der Waals surface area contributed by atoms with Gasteiger partial charge in [0, 0.05) is 0 Å². The first-order valence-corrected chi connectivity index (χ1v) is 3.12. The Morgan fingerprint density at radius 2 is 1.91 bits per heavy atom. The molecule has 1 aromatic rings. The van der Waals surface area contributed by atoms with E-state index in [1.807, 2.05) is 0 Å². The molecule has 0 aliphatic heterocycles. The predicted octanol–water partition coefficient (Wildman–Crippen LogP) is 0.144. The van der Waals surface area contributed by atoms with Gasteiger partial charge < -0.3 is 17.3 Å². The molecular weight excluding hydrogens is 140 g/mol. The second-order valence-electron chi connectivity index (χ2n) is 2.17. The van der Waals surface area contributed by atoms with Crippen molar-refractivity contribution in [2.75, 3.05) is 11.5 Å². The summed E-state index contributed by atoms with van der Waals surface area (Å²) < 4.78 is 0. The molecule has 0 atom stereocenters. The summed E-state index contributed by atoms with van der Waals surface area (Å²) in [6.45, 7) is 0. The van der Waals surface area contributed by atoms with E-state index in [-0.39, 0.29) is 0 Å². The zero-order valence-corrected chi connectivity index (χ0v) is 5.99. The molecule has 0 aliphatic rings. The van der Waals surface area contributed by atoms with Crippen LogP contribution in [0.25, 0.3) is 0 Å². The van der Waals surface area contributed by atoms with E-state index in [9.17, 15) is 0 Å². The van der Waals surface area contributed by atoms with Gasteiger partial charge >= 0.3 is 0 Å². The van der Waals surface area contributed by atoms with Crippen molar-refractivity contribution in [3.63, 3.8) is 0 Å². The van der Waals surface area contributed by atoms with Crippen LogP contribution in [0.1, 0.15) is 5.56 Å². The molecular formula is C7H10N4. The van der Waals surface area contributed by atoms with Gasteiger partial charge in [-0.2, -0.15) is 5.10 Å². The van der Waals surface area contributed by atoms with Crippen molar-refractivity contribution in [3.8, 4) is 0 Å². The molecule has 4 nitrogen and oxygen atoms in total. The van der Waals surface area contributed by atoms with Crippen LogP contribution in [0.4, 0.5) is 11.4 Å². The number of anilines is 2. The molecule has 0 saturated carbocycles. The van der Waals surface area contributed by atoms with Crippen LogP contribution in [0, 0.1) is 0 Å². The first-order chi connectivity index (χ1) is 5.24. The predicted molar refractivity (Wildman–Crippen MR) is 47.0 cm³/mol. The normalized spacial score (nSPS) is 10.5. The van der Waals surface area contributed by atoms with Crippen molar-refractivity contribution >= 4 is 17.6 Å². The summed E-state index contributed by atoms with van der Waals surface area (Å²) in [6, 6.07) is 5.22. The molecule has 0 amide bonds. The summed E-state index contributed by atoms with van der Waals surface area (Å²) in [6.07, 6.45) is 1.51. The minimum Gasteiger partial charge on any atom is -0.397 e. The Hall–Kier alpha value is -1.71. The zero-order chi connectivity index (χ0) is 8.27.